The third kappa shape index (κ3) is 4.45. The van der Waals surface area contributed by atoms with Gasteiger partial charge in [-0.05, 0) is 45.1 Å². The van der Waals surface area contributed by atoms with Crippen molar-refractivity contribution in [2.75, 3.05) is 13.1 Å². The van der Waals surface area contributed by atoms with E-state index in [2.05, 4.69) is 39.1 Å². The fourth-order valence-electron chi connectivity index (χ4n) is 5.61. The number of piperidine rings is 1. The number of benzene rings is 1. The number of likely N-dealkylation sites (tertiary alicyclic amines) is 1. The predicted octanol–water partition coefficient (Wildman–Crippen LogP) is 3.70. The van der Waals surface area contributed by atoms with Crippen LogP contribution in [0.1, 0.15) is 65.5 Å². The maximum absolute atomic E-state index is 13.3. The second kappa shape index (κ2) is 8.45. The molecular formula is C25H36N2O4. The molecule has 0 aromatic heterocycles. The molecule has 5 atom stereocenters. The van der Waals surface area contributed by atoms with E-state index in [-0.39, 0.29) is 41.5 Å². The Bertz CT molecular complexity index is 837. The molecule has 0 saturated carbocycles. The van der Waals surface area contributed by atoms with Gasteiger partial charge in [-0.25, -0.2) is 0 Å². The number of ether oxygens (including phenoxy) is 2. The van der Waals surface area contributed by atoms with Gasteiger partial charge < -0.3 is 19.7 Å². The molecule has 0 bridgehead atoms. The average Bonchev–Trinajstić information content (AvgIpc) is 2.70. The van der Waals surface area contributed by atoms with Crippen LogP contribution < -0.4 is 10.1 Å². The number of carbonyl (C=O) groups is 2. The molecule has 6 nitrogen and oxygen atoms in total. The van der Waals surface area contributed by atoms with Crippen molar-refractivity contribution < 1.29 is 19.1 Å². The smallest absolute Gasteiger partial charge is 0.245 e. The Balaban J connectivity index is 1.50. The number of fused-ring (bicyclic) bond motifs is 4. The highest BCUT2D eigenvalue weighted by molar-refractivity contribution is 5.87. The molecule has 1 N–H and O–H groups in total. The summed E-state index contributed by atoms with van der Waals surface area (Å²) in [5.74, 6) is 1.65. The molecule has 4 rings (SSSR count). The van der Waals surface area contributed by atoms with Crippen molar-refractivity contribution >= 4 is 11.8 Å². The lowest BCUT2D eigenvalue weighted by Gasteiger charge is -2.53. The molecule has 3 aliphatic heterocycles. The maximum Gasteiger partial charge on any atom is 0.245 e. The Hall–Kier alpha value is -2.08. The molecule has 31 heavy (non-hydrogen) atoms. The van der Waals surface area contributed by atoms with E-state index in [1.807, 2.05) is 23.1 Å². The molecule has 2 amide bonds. The molecule has 0 spiro atoms. The zero-order valence-electron chi connectivity index (χ0n) is 19.4. The summed E-state index contributed by atoms with van der Waals surface area (Å²) in [5.41, 5.74) is 0.818. The molecule has 0 aliphatic carbocycles. The quantitative estimate of drug-likeness (QED) is 0.794. The van der Waals surface area contributed by atoms with Crippen molar-refractivity contribution in [3.8, 4) is 5.75 Å². The Kier molecular flexibility index (Phi) is 6.03. The number of amides is 2. The number of nitrogens with zero attached hydrogens (tertiary/aromatic N) is 1. The lowest BCUT2D eigenvalue weighted by molar-refractivity contribution is -0.189. The monoisotopic (exact) mass is 428 g/mol. The van der Waals surface area contributed by atoms with Crippen molar-refractivity contribution in [2.24, 2.45) is 17.8 Å². The largest absolute Gasteiger partial charge is 0.487 e. The molecule has 0 radical (unpaired) electrons. The minimum atomic E-state index is -0.451. The van der Waals surface area contributed by atoms with E-state index in [4.69, 9.17) is 9.47 Å². The summed E-state index contributed by atoms with van der Waals surface area (Å²) in [4.78, 5) is 26.9. The van der Waals surface area contributed by atoms with Crippen LogP contribution >= 0.6 is 0 Å². The summed E-state index contributed by atoms with van der Waals surface area (Å²) in [6.07, 6.45) is 2.64. The van der Waals surface area contributed by atoms with Crippen LogP contribution in [0.2, 0.25) is 0 Å². The summed E-state index contributed by atoms with van der Waals surface area (Å²) in [7, 11) is 0. The molecule has 3 heterocycles. The first-order valence-electron chi connectivity index (χ1n) is 11.6. The average molecular weight is 429 g/mol. The molecule has 6 heteroatoms. The highest BCUT2D eigenvalue weighted by Gasteiger charge is 2.51. The lowest BCUT2D eigenvalue weighted by Crippen LogP contribution is -2.58. The number of carbonyl (C=O) groups excluding carboxylic acids is 2. The molecule has 0 unspecified atom stereocenters. The van der Waals surface area contributed by atoms with Gasteiger partial charge in [-0.1, -0.05) is 32.0 Å². The molecule has 170 valence electrons. The normalized spacial score (nSPS) is 29.8. The number of nitrogens with one attached hydrogen (secondary N) is 1. The van der Waals surface area contributed by atoms with Crippen molar-refractivity contribution in [3.05, 3.63) is 29.8 Å². The van der Waals surface area contributed by atoms with E-state index in [0.29, 0.717) is 25.4 Å². The van der Waals surface area contributed by atoms with Gasteiger partial charge in [-0.15, -0.1) is 0 Å². The van der Waals surface area contributed by atoms with Gasteiger partial charge >= 0.3 is 0 Å². The van der Waals surface area contributed by atoms with Gasteiger partial charge in [0.1, 0.15) is 17.4 Å². The molecule has 1 aromatic rings. The first-order chi connectivity index (χ1) is 14.7. The summed E-state index contributed by atoms with van der Waals surface area (Å²) in [6, 6.07) is 7.75. The minimum Gasteiger partial charge on any atom is -0.487 e. The van der Waals surface area contributed by atoms with Crippen molar-refractivity contribution in [1.29, 1.82) is 0 Å². The van der Waals surface area contributed by atoms with Gasteiger partial charge in [0.15, 0.2) is 0 Å². The maximum atomic E-state index is 13.3. The van der Waals surface area contributed by atoms with Gasteiger partial charge in [0.25, 0.3) is 0 Å². The second-order valence-corrected chi connectivity index (χ2v) is 10.4. The van der Waals surface area contributed by atoms with Crippen LogP contribution in [0.5, 0.6) is 5.75 Å². The van der Waals surface area contributed by atoms with E-state index >= 15 is 0 Å². The fraction of sp³-hybridized carbons (Fsp3) is 0.680. The van der Waals surface area contributed by atoms with E-state index in [1.165, 1.54) is 6.92 Å². The van der Waals surface area contributed by atoms with Crippen LogP contribution in [-0.4, -0.2) is 47.6 Å². The van der Waals surface area contributed by atoms with Crippen LogP contribution in [0.25, 0.3) is 0 Å². The second-order valence-electron chi connectivity index (χ2n) is 10.4. The van der Waals surface area contributed by atoms with Crippen molar-refractivity contribution in [3.63, 3.8) is 0 Å². The van der Waals surface area contributed by atoms with Crippen molar-refractivity contribution in [1.82, 2.24) is 10.2 Å². The Morgan fingerprint density at radius 3 is 2.71 bits per heavy atom. The minimum absolute atomic E-state index is 0.0361. The first-order valence-corrected chi connectivity index (χ1v) is 11.6. The van der Waals surface area contributed by atoms with Crippen LogP contribution in [0.15, 0.2) is 24.3 Å². The highest BCUT2D eigenvalue weighted by Crippen LogP contribution is 2.52. The summed E-state index contributed by atoms with van der Waals surface area (Å²) in [5, 5.41) is 2.87. The van der Waals surface area contributed by atoms with Gasteiger partial charge in [0.05, 0.1) is 12.2 Å². The number of para-hydroxylation sites is 1. The van der Waals surface area contributed by atoms with E-state index < -0.39 is 6.04 Å². The molecular weight excluding hydrogens is 392 g/mol. The highest BCUT2D eigenvalue weighted by atomic mass is 16.5. The van der Waals surface area contributed by atoms with E-state index in [1.54, 1.807) is 0 Å². The topological polar surface area (TPSA) is 67.9 Å². The number of hydrogen-bond donors (Lipinski definition) is 1. The third-order valence-electron chi connectivity index (χ3n) is 7.09. The zero-order chi connectivity index (χ0) is 22.3. The molecule has 1 aromatic carbocycles. The van der Waals surface area contributed by atoms with Crippen LogP contribution in [0, 0.1) is 17.8 Å². The zero-order valence-corrected chi connectivity index (χ0v) is 19.4. The molecule has 2 fully saturated rings. The van der Waals surface area contributed by atoms with Gasteiger partial charge in [0, 0.05) is 37.4 Å². The lowest BCUT2D eigenvalue weighted by atomic mass is 9.70. The van der Waals surface area contributed by atoms with E-state index in [0.717, 1.165) is 24.2 Å². The Labute approximate surface area is 185 Å². The van der Waals surface area contributed by atoms with Crippen LogP contribution in [0.4, 0.5) is 0 Å². The number of hydrogen-bond acceptors (Lipinski definition) is 4. The first kappa shape index (κ1) is 22.1. The van der Waals surface area contributed by atoms with E-state index in [9.17, 15) is 9.59 Å². The SMILES string of the molecule is CC(=O)N[C@H](CC(C)C)C(=O)N1CC[C@H]2O[C@H]3c4ccccc4OC(C)(C)[C@@H]3C[C@H]2C1. The standard InChI is InChI=1S/C25H36N2O4/c1-15(2)12-20(26-16(3)28)24(29)27-11-10-21-17(14-27)13-19-23(30-21)18-8-6-7-9-22(18)31-25(19,4)5/h6-9,15,17,19-21,23H,10-14H2,1-5H3,(H,26,28)/t17-,19+,20+,21+,23-/m0/s1. The predicted molar refractivity (Wildman–Crippen MR) is 119 cm³/mol. The Morgan fingerprint density at radius 1 is 1.26 bits per heavy atom. The van der Waals surface area contributed by atoms with Gasteiger partial charge in [0.2, 0.25) is 11.8 Å². The van der Waals surface area contributed by atoms with Crippen LogP contribution in [0.3, 0.4) is 0 Å². The number of rotatable bonds is 4. The van der Waals surface area contributed by atoms with Crippen molar-refractivity contribution in [2.45, 2.75) is 77.7 Å². The fourth-order valence-corrected chi connectivity index (χ4v) is 5.61. The molecule has 2 saturated heterocycles. The van der Waals surface area contributed by atoms with Gasteiger partial charge in [-0.3, -0.25) is 9.59 Å². The Morgan fingerprint density at radius 2 is 2.00 bits per heavy atom. The summed E-state index contributed by atoms with van der Waals surface area (Å²) in [6.45, 7) is 11.3. The van der Waals surface area contributed by atoms with Crippen LogP contribution in [-0.2, 0) is 14.3 Å². The summed E-state index contributed by atoms with van der Waals surface area (Å²) < 4.78 is 13.0. The summed E-state index contributed by atoms with van der Waals surface area (Å²) >= 11 is 0. The molecule has 3 aliphatic rings. The third-order valence-corrected chi connectivity index (χ3v) is 7.09. The van der Waals surface area contributed by atoms with Gasteiger partial charge in [-0.2, -0.15) is 0 Å².